The summed E-state index contributed by atoms with van der Waals surface area (Å²) in [4.78, 5) is 0. The molecule has 2 rings (SSSR count). The molecule has 0 saturated heterocycles. The topological polar surface area (TPSA) is 50.7 Å². The lowest BCUT2D eigenvalue weighted by Gasteiger charge is -2.15. The van der Waals surface area contributed by atoms with Crippen molar-refractivity contribution in [2.75, 3.05) is 26.8 Å². The summed E-state index contributed by atoms with van der Waals surface area (Å²) < 4.78 is 10.8. The van der Waals surface area contributed by atoms with Crippen molar-refractivity contribution in [3.63, 3.8) is 0 Å². The number of ether oxygens (including phenoxy) is 2. The first kappa shape index (κ1) is 15.1. The fraction of sp³-hybridized carbons (Fsp3) is 0.625. The molecule has 1 aromatic carbocycles. The van der Waals surface area contributed by atoms with E-state index in [1.165, 1.54) is 6.42 Å². The molecule has 1 aromatic rings. The Balaban J connectivity index is 1.66. The van der Waals surface area contributed by atoms with Gasteiger partial charge in [0.15, 0.2) is 11.5 Å². The maximum Gasteiger partial charge on any atom is 0.161 e. The molecule has 4 heteroatoms. The fourth-order valence-corrected chi connectivity index (χ4v) is 2.33. The van der Waals surface area contributed by atoms with E-state index < -0.39 is 6.10 Å². The summed E-state index contributed by atoms with van der Waals surface area (Å²) in [5.41, 5.74) is 0.478. The highest BCUT2D eigenvalue weighted by atomic mass is 16.5. The van der Waals surface area contributed by atoms with Gasteiger partial charge in [-0.15, -0.1) is 0 Å². The van der Waals surface area contributed by atoms with Crippen molar-refractivity contribution in [2.45, 2.75) is 26.4 Å². The summed E-state index contributed by atoms with van der Waals surface area (Å²) >= 11 is 0. The first-order valence-electron chi connectivity index (χ1n) is 7.17. The Labute approximate surface area is 121 Å². The lowest BCUT2D eigenvalue weighted by atomic mass is 10.1. The first-order valence-corrected chi connectivity index (χ1v) is 7.17. The third-order valence-electron chi connectivity index (χ3n) is 3.99. The van der Waals surface area contributed by atoms with Gasteiger partial charge in [0, 0.05) is 6.54 Å². The van der Waals surface area contributed by atoms with Crippen LogP contribution in [0.15, 0.2) is 24.3 Å². The third kappa shape index (κ3) is 4.12. The van der Waals surface area contributed by atoms with Crippen LogP contribution in [0.3, 0.4) is 0 Å². The molecule has 2 N–H and O–H groups in total. The maximum absolute atomic E-state index is 9.91. The largest absolute Gasteiger partial charge is 0.493 e. The zero-order valence-electron chi connectivity index (χ0n) is 12.6. The van der Waals surface area contributed by atoms with Crippen molar-refractivity contribution in [2.24, 2.45) is 11.3 Å². The molecule has 0 bridgehead atoms. The molecule has 0 amide bonds. The van der Waals surface area contributed by atoms with Gasteiger partial charge in [0.2, 0.25) is 0 Å². The molecule has 0 spiro atoms. The Hall–Kier alpha value is -1.26. The summed E-state index contributed by atoms with van der Waals surface area (Å²) in [7, 11) is 1.61. The van der Waals surface area contributed by atoms with Crippen LogP contribution in [0.2, 0.25) is 0 Å². The van der Waals surface area contributed by atoms with E-state index in [0.29, 0.717) is 23.5 Å². The van der Waals surface area contributed by atoms with Crippen molar-refractivity contribution in [3.8, 4) is 11.5 Å². The Morgan fingerprint density at radius 2 is 2.00 bits per heavy atom. The van der Waals surface area contributed by atoms with E-state index in [2.05, 4.69) is 19.2 Å². The monoisotopic (exact) mass is 279 g/mol. The lowest BCUT2D eigenvalue weighted by molar-refractivity contribution is 0.104. The van der Waals surface area contributed by atoms with Gasteiger partial charge in [-0.25, -0.2) is 0 Å². The second-order valence-electron chi connectivity index (χ2n) is 6.16. The zero-order chi connectivity index (χ0) is 14.6. The number of hydrogen-bond acceptors (Lipinski definition) is 4. The van der Waals surface area contributed by atoms with Crippen molar-refractivity contribution in [1.82, 2.24) is 5.32 Å². The van der Waals surface area contributed by atoms with Crippen molar-refractivity contribution < 1.29 is 14.6 Å². The second kappa shape index (κ2) is 6.46. The van der Waals surface area contributed by atoms with Crippen LogP contribution in [0.4, 0.5) is 0 Å². The SMILES string of the molecule is COc1ccccc1OCC(O)CNCC1CC1(C)C. The van der Waals surface area contributed by atoms with Crippen LogP contribution in [0.25, 0.3) is 0 Å². The molecule has 20 heavy (non-hydrogen) atoms. The number of rotatable bonds is 8. The summed E-state index contributed by atoms with van der Waals surface area (Å²) in [5.74, 6) is 2.09. The highest BCUT2D eigenvalue weighted by Crippen LogP contribution is 2.50. The molecule has 1 fully saturated rings. The van der Waals surface area contributed by atoms with Crippen LogP contribution >= 0.6 is 0 Å². The van der Waals surface area contributed by atoms with Gasteiger partial charge < -0.3 is 19.9 Å². The minimum absolute atomic E-state index is 0.265. The van der Waals surface area contributed by atoms with Gasteiger partial charge in [0.1, 0.15) is 12.7 Å². The van der Waals surface area contributed by atoms with Crippen LogP contribution in [-0.4, -0.2) is 38.0 Å². The molecule has 0 radical (unpaired) electrons. The van der Waals surface area contributed by atoms with E-state index in [1.807, 2.05) is 24.3 Å². The summed E-state index contributed by atoms with van der Waals surface area (Å²) in [6.45, 7) is 6.35. The van der Waals surface area contributed by atoms with E-state index >= 15 is 0 Å². The highest BCUT2D eigenvalue weighted by molar-refractivity contribution is 5.39. The highest BCUT2D eigenvalue weighted by Gasteiger charge is 2.44. The third-order valence-corrected chi connectivity index (χ3v) is 3.99. The molecular formula is C16H25NO3. The van der Waals surface area contributed by atoms with Gasteiger partial charge in [-0.2, -0.15) is 0 Å². The molecular weight excluding hydrogens is 254 g/mol. The molecule has 1 saturated carbocycles. The van der Waals surface area contributed by atoms with Crippen LogP contribution in [0.1, 0.15) is 20.3 Å². The number of aliphatic hydroxyl groups excluding tert-OH is 1. The lowest BCUT2D eigenvalue weighted by Crippen LogP contribution is -2.33. The number of para-hydroxylation sites is 2. The van der Waals surface area contributed by atoms with Gasteiger partial charge in [0.25, 0.3) is 0 Å². The standard InChI is InChI=1S/C16H25NO3/c1-16(2)8-12(16)9-17-10-13(18)11-20-15-7-5-4-6-14(15)19-3/h4-7,12-13,17-18H,8-11H2,1-3H3. The minimum Gasteiger partial charge on any atom is -0.493 e. The molecule has 2 unspecified atom stereocenters. The molecule has 0 heterocycles. The normalized spacial score (nSPS) is 21.3. The Kier molecular flexibility index (Phi) is 4.89. The molecule has 2 atom stereocenters. The number of methoxy groups -OCH3 is 1. The Morgan fingerprint density at radius 3 is 2.60 bits per heavy atom. The van der Waals surface area contributed by atoms with Crippen molar-refractivity contribution in [1.29, 1.82) is 0 Å². The molecule has 112 valence electrons. The van der Waals surface area contributed by atoms with Gasteiger partial charge in [-0.1, -0.05) is 26.0 Å². The smallest absolute Gasteiger partial charge is 0.161 e. The first-order chi connectivity index (χ1) is 9.53. The summed E-state index contributed by atoms with van der Waals surface area (Å²) in [6.07, 6.45) is 0.759. The van der Waals surface area contributed by atoms with E-state index in [-0.39, 0.29) is 6.61 Å². The van der Waals surface area contributed by atoms with Gasteiger partial charge in [-0.05, 0) is 36.4 Å². The van der Waals surface area contributed by atoms with Crippen molar-refractivity contribution in [3.05, 3.63) is 24.3 Å². The van der Waals surface area contributed by atoms with Crippen molar-refractivity contribution >= 4 is 0 Å². The van der Waals surface area contributed by atoms with Crippen LogP contribution in [0.5, 0.6) is 11.5 Å². The summed E-state index contributed by atoms with van der Waals surface area (Å²) in [5, 5.41) is 13.2. The van der Waals surface area contributed by atoms with Gasteiger partial charge >= 0.3 is 0 Å². The Morgan fingerprint density at radius 1 is 1.35 bits per heavy atom. The average molecular weight is 279 g/mol. The van der Waals surface area contributed by atoms with E-state index in [1.54, 1.807) is 7.11 Å². The Bertz CT molecular complexity index is 433. The number of hydrogen-bond donors (Lipinski definition) is 2. The van der Waals surface area contributed by atoms with Crippen LogP contribution in [0, 0.1) is 11.3 Å². The number of aliphatic hydroxyl groups is 1. The molecule has 1 aliphatic rings. The quantitative estimate of drug-likeness (QED) is 0.765. The van der Waals surface area contributed by atoms with Crippen LogP contribution in [-0.2, 0) is 0 Å². The predicted octanol–water partition coefficient (Wildman–Crippen LogP) is 2.07. The molecule has 0 aliphatic heterocycles. The van der Waals surface area contributed by atoms with E-state index in [4.69, 9.17) is 9.47 Å². The second-order valence-corrected chi connectivity index (χ2v) is 6.16. The number of nitrogens with one attached hydrogen (secondary N) is 1. The minimum atomic E-state index is -0.512. The molecule has 0 aromatic heterocycles. The summed E-state index contributed by atoms with van der Waals surface area (Å²) in [6, 6.07) is 7.46. The van der Waals surface area contributed by atoms with E-state index in [0.717, 1.165) is 12.5 Å². The maximum atomic E-state index is 9.91. The van der Waals surface area contributed by atoms with Crippen LogP contribution < -0.4 is 14.8 Å². The number of benzene rings is 1. The van der Waals surface area contributed by atoms with Gasteiger partial charge in [0.05, 0.1) is 7.11 Å². The average Bonchev–Trinajstić information content (AvgIpc) is 3.04. The molecule has 4 nitrogen and oxygen atoms in total. The fourth-order valence-electron chi connectivity index (χ4n) is 2.33. The van der Waals surface area contributed by atoms with Gasteiger partial charge in [-0.3, -0.25) is 0 Å². The molecule has 1 aliphatic carbocycles. The predicted molar refractivity (Wildman–Crippen MR) is 79.3 cm³/mol. The zero-order valence-corrected chi connectivity index (χ0v) is 12.6. The van der Waals surface area contributed by atoms with E-state index in [9.17, 15) is 5.11 Å².